The van der Waals surface area contributed by atoms with E-state index in [0.717, 1.165) is 12.1 Å². The van der Waals surface area contributed by atoms with E-state index in [4.69, 9.17) is 0 Å². The van der Waals surface area contributed by atoms with Crippen molar-refractivity contribution in [3.63, 3.8) is 0 Å². The Morgan fingerprint density at radius 2 is 1.75 bits per heavy atom. The van der Waals surface area contributed by atoms with Crippen molar-refractivity contribution >= 4 is 20.8 Å². The fourth-order valence-corrected chi connectivity index (χ4v) is 4.49. The molecule has 3 rings (SSSR count). The minimum Gasteiger partial charge on any atom is -0.307 e. The molecule has 3 aromatic rings. The first-order chi connectivity index (χ1) is 15.5. The van der Waals surface area contributed by atoms with Gasteiger partial charge in [-0.2, -0.15) is 0 Å². The number of allylic oxidation sites excluding steroid dienone is 1. The van der Waals surface area contributed by atoms with Crippen molar-refractivity contribution in [1.29, 1.82) is 0 Å². The summed E-state index contributed by atoms with van der Waals surface area (Å²) in [6.07, 6.45) is 5.16. The Morgan fingerprint density at radius 3 is 2.56 bits per heavy atom. The fourth-order valence-electron chi connectivity index (χ4n) is 3.42. The zero-order valence-corrected chi connectivity index (χ0v) is 19.5. The molecule has 0 aliphatic heterocycles. The van der Waals surface area contributed by atoms with Crippen molar-refractivity contribution in [2.45, 2.75) is 37.6 Å². The highest BCUT2D eigenvalue weighted by molar-refractivity contribution is 7.89. The summed E-state index contributed by atoms with van der Waals surface area (Å²) in [6, 6.07) is 21.9. The number of rotatable bonds is 9. The van der Waals surface area contributed by atoms with Gasteiger partial charge in [-0.15, -0.1) is 0 Å². The van der Waals surface area contributed by atoms with Crippen molar-refractivity contribution < 1.29 is 8.42 Å². The summed E-state index contributed by atoms with van der Waals surface area (Å²) in [6.45, 7) is 5.20. The third-order valence-corrected chi connectivity index (χ3v) is 6.71. The summed E-state index contributed by atoms with van der Waals surface area (Å²) in [5, 5.41) is 6.03. The van der Waals surface area contributed by atoms with Crippen molar-refractivity contribution in [2.24, 2.45) is 0 Å². The molecule has 0 aliphatic carbocycles. The molecule has 5 heteroatoms. The van der Waals surface area contributed by atoms with Gasteiger partial charge < -0.3 is 5.32 Å². The van der Waals surface area contributed by atoms with Gasteiger partial charge in [0, 0.05) is 25.6 Å². The van der Waals surface area contributed by atoms with Crippen LogP contribution in [-0.2, 0) is 10.0 Å². The summed E-state index contributed by atoms with van der Waals surface area (Å²) in [5.74, 6) is 6.08. The van der Waals surface area contributed by atoms with Gasteiger partial charge >= 0.3 is 0 Å². The average Bonchev–Trinajstić information content (AvgIpc) is 2.80. The Hall–Kier alpha value is -2.91. The van der Waals surface area contributed by atoms with E-state index in [-0.39, 0.29) is 6.04 Å². The topological polar surface area (TPSA) is 58.2 Å². The van der Waals surface area contributed by atoms with Gasteiger partial charge in [0.05, 0.1) is 4.90 Å². The Bertz CT molecular complexity index is 1210. The minimum atomic E-state index is -3.45. The van der Waals surface area contributed by atoms with E-state index >= 15 is 0 Å². The van der Waals surface area contributed by atoms with Crippen LogP contribution in [-0.4, -0.2) is 21.5 Å². The molecule has 1 atom stereocenters. The molecule has 0 aliphatic rings. The molecule has 4 nitrogen and oxygen atoms in total. The molecule has 0 fully saturated rings. The van der Waals surface area contributed by atoms with Gasteiger partial charge in [0.2, 0.25) is 10.0 Å². The summed E-state index contributed by atoms with van der Waals surface area (Å²) >= 11 is 0. The number of benzene rings is 3. The van der Waals surface area contributed by atoms with Crippen LogP contribution in [0.5, 0.6) is 0 Å². The van der Waals surface area contributed by atoms with Crippen LogP contribution < -0.4 is 10.0 Å². The van der Waals surface area contributed by atoms with E-state index in [1.54, 1.807) is 24.3 Å². The van der Waals surface area contributed by atoms with Crippen LogP contribution in [0.1, 0.15) is 36.9 Å². The number of nitrogens with one attached hydrogen (secondary N) is 2. The van der Waals surface area contributed by atoms with Crippen LogP contribution in [0.3, 0.4) is 0 Å². The number of hydrogen-bond donors (Lipinski definition) is 2. The first-order valence-electron chi connectivity index (χ1n) is 10.9. The predicted molar refractivity (Wildman–Crippen MR) is 133 cm³/mol. The molecule has 0 heterocycles. The Morgan fingerprint density at radius 1 is 1.00 bits per heavy atom. The SMILES string of the molecule is Cc1ccc(S(=O)(=O)NCCCC#CC=CCN[C@H](C)c2cccc3ccccc23)cc1. The number of fused-ring (bicyclic) bond motifs is 1. The molecule has 0 saturated carbocycles. The maximum absolute atomic E-state index is 12.2. The van der Waals surface area contributed by atoms with E-state index in [1.165, 1.54) is 16.3 Å². The zero-order chi connectivity index (χ0) is 22.8. The normalized spacial score (nSPS) is 12.6. The Labute approximate surface area is 191 Å². The lowest BCUT2D eigenvalue weighted by Gasteiger charge is -2.15. The molecule has 0 unspecified atom stereocenters. The largest absolute Gasteiger partial charge is 0.307 e. The smallest absolute Gasteiger partial charge is 0.240 e. The second kappa shape index (κ2) is 11.6. The molecule has 0 amide bonds. The van der Waals surface area contributed by atoms with Gasteiger partial charge in [0.15, 0.2) is 0 Å². The zero-order valence-electron chi connectivity index (χ0n) is 18.6. The van der Waals surface area contributed by atoms with Gasteiger partial charge in [-0.05, 0) is 54.8 Å². The third-order valence-electron chi connectivity index (χ3n) is 5.24. The molecule has 0 radical (unpaired) electrons. The molecule has 0 aromatic heterocycles. The predicted octanol–water partition coefficient (Wildman–Crippen LogP) is 5.12. The second-order valence-corrected chi connectivity index (χ2v) is 9.50. The second-order valence-electron chi connectivity index (χ2n) is 7.74. The number of hydrogen-bond acceptors (Lipinski definition) is 3. The van der Waals surface area contributed by atoms with Crippen LogP contribution in [0, 0.1) is 18.8 Å². The summed E-state index contributed by atoms with van der Waals surface area (Å²) in [5.41, 5.74) is 2.32. The van der Waals surface area contributed by atoms with Gasteiger partial charge in [-0.25, -0.2) is 13.1 Å². The van der Waals surface area contributed by atoms with Crippen LogP contribution in [0.4, 0.5) is 0 Å². The van der Waals surface area contributed by atoms with Gasteiger partial charge in [0.25, 0.3) is 0 Å². The monoisotopic (exact) mass is 446 g/mol. The maximum Gasteiger partial charge on any atom is 0.240 e. The highest BCUT2D eigenvalue weighted by atomic mass is 32.2. The lowest BCUT2D eigenvalue weighted by molar-refractivity contribution is 0.579. The quantitative estimate of drug-likeness (QED) is 0.354. The highest BCUT2D eigenvalue weighted by Gasteiger charge is 2.12. The van der Waals surface area contributed by atoms with E-state index in [9.17, 15) is 8.42 Å². The van der Waals surface area contributed by atoms with Crippen LogP contribution >= 0.6 is 0 Å². The molecular formula is C27H30N2O2S. The molecule has 2 N–H and O–H groups in total. The van der Waals surface area contributed by atoms with Crippen molar-refractivity contribution in [1.82, 2.24) is 10.0 Å². The average molecular weight is 447 g/mol. The Balaban J connectivity index is 1.36. The first-order valence-corrected chi connectivity index (χ1v) is 12.4. The molecule has 32 heavy (non-hydrogen) atoms. The first kappa shape index (κ1) is 23.7. The van der Waals surface area contributed by atoms with Gasteiger partial charge in [-0.1, -0.05) is 78.1 Å². The standard InChI is InChI=1S/C27H30N2O2S/c1-22-16-18-25(19-17-22)32(30,31)29-21-10-6-4-3-5-9-20-28-23(2)26-15-11-13-24-12-7-8-14-27(24)26/h5,7-9,11-19,23,28-29H,6,10,20-21H2,1-2H3/t23-/m1/s1. The number of sulfonamides is 1. The number of unbranched alkanes of at least 4 members (excludes halogenated alkanes) is 1. The van der Waals surface area contributed by atoms with Crippen molar-refractivity contribution in [3.05, 3.63) is 90.0 Å². The van der Waals surface area contributed by atoms with E-state index in [1.807, 2.05) is 19.1 Å². The van der Waals surface area contributed by atoms with Crippen LogP contribution in [0.25, 0.3) is 10.8 Å². The third kappa shape index (κ3) is 6.80. The maximum atomic E-state index is 12.2. The molecule has 166 valence electrons. The van der Waals surface area contributed by atoms with Crippen LogP contribution in [0.15, 0.2) is 83.8 Å². The Kier molecular flexibility index (Phi) is 8.64. The van der Waals surface area contributed by atoms with Gasteiger partial charge in [-0.3, -0.25) is 0 Å². The van der Waals surface area contributed by atoms with Crippen molar-refractivity contribution in [3.8, 4) is 11.8 Å². The van der Waals surface area contributed by atoms with Gasteiger partial charge in [0.1, 0.15) is 0 Å². The molecule has 3 aromatic carbocycles. The van der Waals surface area contributed by atoms with Crippen LogP contribution in [0.2, 0.25) is 0 Å². The summed E-state index contributed by atoms with van der Waals surface area (Å²) in [7, 11) is -3.45. The van der Waals surface area contributed by atoms with E-state index in [2.05, 4.69) is 71.3 Å². The van der Waals surface area contributed by atoms with E-state index < -0.39 is 10.0 Å². The molecule has 0 saturated heterocycles. The molecular weight excluding hydrogens is 416 g/mol. The fraction of sp³-hybridized carbons (Fsp3) is 0.259. The molecule has 0 spiro atoms. The lowest BCUT2D eigenvalue weighted by atomic mass is 10.00. The summed E-state index contributed by atoms with van der Waals surface area (Å²) in [4.78, 5) is 0.294. The van der Waals surface area contributed by atoms with E-state index in [0.29, 0.717) is 24.3 Å². The summed E-state index contributed by atoms with van der Waals surface area (Å²) < 4.78 is 27.1. The highest BCUT2D eigenvalue weighted by Crippen LogP contribution is 2.23. The minimum absolute atomic E-state index is 0.236. The van der Waals surface area contributed by atoms with Crippen molar-refractivity contribution in [2.75, 3.05) is 13.1 Å². The number of aryl methyl sites for hydroxylation is 1. The lowest BCUT2D eigenvalue weighted by Crippen LogP contribution is -2.24. The molecule has 0 bridgehead atoms.